The topological polar surface area (TPSA) is 37.4 Å². The molecule has 0 fully saturated rings. The molecule has 21 heavy (non-hydrogen) atoms. The molecule has 114 valence electrons. The first-order valence-corrected chi connectivity index (χ1v) is 8.49. The van der Waals surface area contributed by atoms with Gasteiger partial charge in [0, 0.05) is 23.7 Å². The Morgan fingerprint density at radius 2 is 2.05 bits per heavy atom. The summed E-state index contributed by atoms with van der Waals surface area (Å²) in [7, 11) is 0. The Kier molecular flexibility index (Phi) is 5.20. The van der Waals surface area contributed by atoms with E-state index < -0.39 is 0 Å². The fourth-order valence-corrected chi connectivity index (χ4v) is 3.38. The van der Waals surface area contributed by atoms with Crippen molar-refractivity contribution in [3.8, 4) is 0 Å². The number of rotatable bonds is 5. The van der Waals surface area contributed by atoms with Crippen LogP contribution in [0.2, 0.25) is 0 Å². The van der Waals surface area contributed by atoms with Crippen molar-refractivity contribution in [2.75, 3.05) is 11.4 Å². The molecule has 4 heteroatoms. The number of fused-ring (bicyclic) bond motifs is 1. The molecule has 0 saturated carbocycles. The van der Waals surface area contributed by atoms with Crippen molar-refractivity contribution in [1.29, 1.82) is 0 Å². The molecule has 1 aliphatic rings. The summed E-state index contributed by atoms with van der Waals surface area (Å²) in [5.74, 6) is 0.277. The van der Waals surface area contributed by atoms with E-state index in [2.05, 4.69) is 22.9 Å². The number of ketones is 1. The van der Waals surface area contributed by atoms with Gasteiger partial charge in [-0.15, -0.1) is 0 Å². The zero-order valence-corrected chi connectivity index (χ0v) is 14.4. The number of alkyl halides is 1. The smallest absolute Gasteiger partial charge is 0.229 e. The number of hydrogen-bond donors (Lipinski definition) is 0. The molecule has 3 nitrogen and oxygen atoms in total. The second kappa shape index (κ2) is 6.73. The number of nitrogens with zero attached hydrogens (tertiary/aromatic N) is 1. The van der Waals surface area contributed by atoms with Gasteiger partial charge in [-0.25, -0.2) is 0 Å². The first-order chi connectivity index (χ1) is 9.95. The van der Waals surface area contributed by atoms with Gasteiger partial charge in [-0.1, -0.05) is 43.1 Å². The van der Waals surface area contributed by atoms with Crippen LogP contribution in [0.4, 0.5) is 5.69 Å². The number of hydrogen-bond acceptors (Lipinski definition) is 2. The summed E-state index contributed by atoms with van der Waals surface area (Å²) in [6.07, 6.45) is 2.65. The van der Waals surface area contributed by atoms with Crippen molar-refractivity contribution in [1.82, 2.24) is 0 Å². The number of halogens is 1. The zero-order valence-electron chi connectivity index (χ0n) is 12.9. The third-order valence-electron chi connectivity index (χ3n) is 3.85. The van der Waals surface area contributed by atoms with Gasteiger partial charge < -0.3 is 4.90 Å². The van der Waals surface area contributed by atoms with Gasteiger partial charge in [0.15, 0.2) is 5.78 Å². The normalized spacial score (nSPS) is 15.2. The minimum atomic E-state index is -0.115. The highest BCUT2D eigenvalue weighted by molar-refractivity contribution is 9.10. The maximum absolute atomic E-state index is 12.3. The SMILES string of the molecule is CCCC(Br)C(=O)c1ccc2c(c1)CCN2C(=O)C(C)C. The van der Waals surface area contributed by atoms with Crippen molar-refractivity contribution in [2.24, 2.45) is 5.92 Å². The molecule has 1 aromatic carbocycles. The summed E-state index contributed by atoms with van der Waals surface area (Å²) in [5.41, 5.74) is 2.81. The quantitative estimate of drug-likeness (QED) is 0.594. The van der Waals surface area contributed by atoms with Gasteiger partial charge in [-0.2, -0.15) is 0 Å². The fraction of sp³-hybridized carbons (Fsp3) is 0.529. The van der Waals surface area contributed by atoms with Crippen LogP contribution in [0, 0.1) is 5.92 Å². The second-order valence-corrected chi connectivity index (χ2v) is 6.96. The van der Waals surface area contributed by atoms with Gasteiger partial charge in [-0.3, -0.25) is 9.59 Å². The van der Waals surface area contributed by atoms with Crippen LogP contribution in [-0.4, -0.2) is 23.1 Å². The van der Waals surface area contributed by atoms with Crippen molar-refractivity contribution in [2.45, 2.75) is 44.9 Å². The Morgan fingerprint density at radius 1 is 1.33 bits per heavy atom. The summed E-state index contributed by atoms with van der Waals surface area (Å²) in [5, 5.41) is 0. The van der Waals surface area contributed by atoms with E-state index in [1.165, 1.54) is 0 Å². The monoisotopic (exact) mass is 351 g/mol. The molecule has 0 saturated heterocycles. The van der Waals surface area contributed by atoms with E-state index in [0.717, 1.165) is 42.6 Å². The summed E-state index contributed by atoms with van der Waals surface area (Å²) in [6, 6.07) is 5.72. The maximum Gasteiger partial charge on any atom is 0.229 e. The number of carbonyl (C=O) groups is 2. The highest BCUT2D eigenvalue weighted by Gasteiger charge is 2.27. The number of Topliss-reactive ketones (excluding diaryl/α,β-unsaturated/α-hetero) is 1. The molecule has 1 unspecified atom stereocenters. The minimum absolute atomic E-state index is 0.00580. The van der Waals surface area contributed by atoms with E-state index in [1.54, 1.807) is 0 Å². The molecule has 1 aliphatic heterocycles. The van der Waals surface area contributed by atoms with Crippen molar-refractivity contribution < 1.29 is 9.59 Å². The predicted octanol–water partition coefficient (Wildman–Crippen LogP) is 3.98. The Labute approximate surface area is 134 Å². The van der Waals surface area contributed by atoms with Crippen molar-refractivity contribution in [3.05, 3.63) is 29.3 Å². The molecule has 2 rings (SSSR count). The number of benzene rings is 1. The highest BCUT2D eigenvalue weighted by Crippen LogP contribution is 2.31. The van der Waals surface area contributed by atoms with Gasteiger partial charge in [0.1, 0.15) is 0 Å². The van der Waals surface area contributed by atoms with Crippen LogP contribution >= 0.6 is 15.9 Å². The number of amides is 1. The van der Waals surface area contributed by atoms with Crippen LogP contribution < -0.4 is 4.90 Å². The lowest BCUT2D eigenvalue weighted by Gasteiger charge is -2.19. The molecule has 0 spiro atoms. The first-order valence-electron chi connectivity index (χ1n) is 7.58. The molecule has 0 radical (unpaired) electrons. The Bertz CT molecular complexity index is 554. The molecule has 0 aliphatic carbocycles. The summed E-state index contributed by atoms with van der Waals surface area (Å²) in [4.78, 5) is 26.2. The largest absolute Gasteiger partial charge is 0.312 e. The molecular formula is C17H22BrNO2. The van der Waals surface area contributed by atoms with Crippen LogP contribution in [-0.2, 0) is 11.2 Å². The van der Waals surface area contributed by atoms with Crippen LogP contribution in [0.3, 0.4) is 0 Å². The maximum atomic E-state index is 12.3. The third-order valence-corrected chi connectivity index (χ3v) is 4.72. The average Bonchev–Trinajstić information content (AvgIpc) is 2.88. The molecule has 1 heterocycles. The Morgan fingerprint density at radius 3 is 2.67 bits per heavy atom. The summed E-state index contributed by atoms with van der Waals surface area (Å²) in [6.45, 7) is 6.62. The van der Waals surface area contributed by atoms with Gasteiger partial charge in [-0.05, 0) is 36.6 Å². The highest BCUT2D eigenvalue weighted by atomic mass is 79.9. The predicted molar refractivity (Wildman–Crippen MR) is 89.3 cm³/mol. The Hall–Kier alpha value is -1.16. The molecule has 1 atom stereocenters. The lowest BCUT2D eigenvalue weighted by Crippen LogP contribution is -2.32. The van der Waals surface area contributed by atoms with Crippen molar-refractivity contribution in [3.63, 3.8) is 0 Å². The number of anilines is 1. The molecular weight excluding hydrogens is 330 g/mol. The summed E-state index contributed by atoms with van der Waals surface area (Å²) >= 11 is 3.46. The van der Waals surface area contributed by atoms with Gasteiger partial charge in [0.2, 0.25) is 5.91 Å². The van der Waals surface area contributed by atoms with Gasteiger partial charge >= 0.3 is 0 Å². The van der Waals surface area contributed by atoms with E-state index >= 15 is 0 Å². The van der Waals surface area contributed by atoms with Gasteiger partial charge in [0.25, 0.3) is 0 Å². The van der Waals surface area contributed by atoms with Crippen LogP contribution in [0.5, 0.6) is 0 Å². The van der Waals surface area contributed by atoms with Crippen LogP contribution in [0.15, 0.2) is 18.2 Å². The zero-order chi connectivity index (χ0) is 15.6. The van der Waals surface area contributed by atoms with E-state index in [1.807, 2.05) is 36.9 Å². The first kappa shape index (κ1) is 16.2. The van der Waals surface area contributed by atoms with E-state index in [9.17, 15) is 9.59 Å². The minimum Gasteiger partial charge on any atom is -0.312 e. The average molecular weight is 352 g/mol. The fourth-order valence-electron chi connectivity index (χ4n) is 2.66. The van der Waals surface area contributed by atoms with Crippen LogP contribution in [0.25, 0.3) is 0 Å². The van der Waals surface area contributed by atoms with E-state index in [0.29, 0.717) is 0 Å². The Balaban J connectivity index is 2.22. The molecule has 0 N–H and O–H groups in total. The molecule has 0 aromatic heterocycles. The summed E-state index contributed by atoms with van der Waals surface area (Å²) < 4.78 is 0. The third kappa shape index (κ3) is 3.37. The molecule has 1 amide bonds. The van der Waals surface area contributed by atoms with Crippen LogP contribution in [0.1, 0.15) is 49.5 Å². The van der Waals surface area contributed by atoms with Gasteiger partial charge in [0.05, 0.1) is 4.83 Å². The lowest BCUT2D eigenvalue weighted by atomic mass is 10.0. The molecule has 1 aromatic rings. The standard InChI is InChI=1S/C17H22BrNO2/c1-4-5-14(18)16(20)13-6-7-15-12(10-13)8-9-19(15)17(21)11(2)3/h6-7,10-11,14H,4-5,8-9H2,1-3H3. The second-order valence-electron chi connectivity index (χ2n) is 5.86. The van der Waals surface area contributed by atoms with E-state index in [4.69, 9.17) is 0 Å². The lowest BCUT2D eigenvalue weighted by molar-refractivity contribution is -0.121. The van der Waals surface area contributed by atoms with E-state index in [-0.39, 0.29) is 22.4 Å². The molecule has 0 bridgehead atoms. The number of carbonyl (C=O) groups excluding carboxylic acids is 2. The van der Waals surface area contributed by atoms with Crippen molar-refractivity contribution >= 4 is 33.3 Å².